The van der Waals surface area contributed by atoms with Crippen molar-refractivity contribution in [2.45, 2.75) is 57.4 Å². The Hall–Kier alpha value is -2.23. The molecule has 35 heavy (non-hydrogen) atoms. The smallest absolute Gasteiger partial charge is 0.253 e. The summed E-state index contributed by atoms with van der Waals surface area (Å²) >= 11 is 0. The van der Waals surface area contributed by atoms with Gasteiger partial charge in [0.2, 0.25) is 10.0 Å². The van der Waals surface area contributed by atoms with E-state index in [9.17, 15) is 13.2 Å². The first-order chi connectivity index (χ1) is 16.7. The van der Waals surface area contributed by atoms with Crippen molar-refractivity contribution in [3.8, 4) is 0 Å². The number of anilines is 1. The number of rotatable bonds is 8. The molecule has 8 nitrogen and oxygen atoms in total. The van der Waals surface area contributed by atoms with E-state index >= 15 is 0 Å². The van der Waals surface area contributed by atoms with Crippen molar-refractivity contribution in [1.29, 1.82) is 0 Å². The monoisotopic (exact) mass is 501 g/mol. The molecule has 0 aromatic heterocycles. The van der Waals surface area contributed by atoms with E-state index in [2.05, 4.69) is 15.5 Å². The lowest BCUT2D eigenvalue weighted by Crippen LogP contribution is -2.50. The van der Waals surface area contributed by atoms with Gasteiger partial charge >= 0.3 is 0 Å². The number of carbonyl (C=O) groups excluding carboxylic acids is 1. The molecule has 2 N–H and O–H groups in total. The summed E-state index contributed by atoms with van der Waals surface area (Å²) in [6, 6.07) is 5.95. The molecule has 3 aliphatic rings. The third-order valence-electron chi connectivity index (χ3n) is 7.48. The lowest BCUT2D eigenvalue weighted by atomic mass is 9.88. The number of carbonyl (C=O) groups is 1. The zero-order chi connectivity index (χ0) is 25.1. The number of likely N-dealkylation sites (N-methyl/N-ethyl adjacent to an activating group) is 1. The zero-order valence-electron chi connectivity index (χ0n) is 21.2. The Labute approximate surface area is 209 Å². The Morgan fingerprint density at radius 2 is 1.91 bits per heavy atom. The van der Waals surface area contributed by atoms with Crippen molar-refractivity contribution in [3.05, 3.63) is 34.7 Å². The highest BCUT2D eigenvalue weighted by molar-refractivity contribution is 7.92. The minimum Gasteiger partial charge on any atom is -0.384 e. The highest BCUT2D eigenvalue weighted by Gasteiger charge is 2.48. The van der Waals surface area contributed by atoms with Crippen molar-refractivity contribution in [1.82, 2.24) is 14.5 Å². The van der Waals surface area contributed by atoms with Crippen LogP contribution in [-0.2, 0) is 14.8 Å². The summed E-state index contributed by atoms with van der Waals surface area (Å²) in [5.41, 5.74) is 2.11. The summed E-state index contributed by atoms with van der Waals surface area (Å²) in [4.78, 5) is 19.8. The molecule has 1 aromatic carbocycles. The first-order valence-electron chi connectivity index (χ1n) is 12.8. The number of aliphatic imine (C=N–C) groups is 1. The number of nitrogens with one attached hydrogen (secondary N) is 2. The molecule has 1 saturated carbocycles. The predicted octanol–water partition coefficient (Wildman–Crippen LogP) is 3.21. The van der Waals surface area contributed by atoms with Crippen molar-refractivity contribution in [2.75, 3.05) is 45.6 Å². The van der Waals surface area contributed by atoms with E-state index in [1.54, 1.807) is 6.08 Å². The normalized spacial score (nSPS) is 21.6. The SMILES string of the molecule is Cc1cc(NCCN(C)C)ccc1C=CS(=O)(=O)N1CCC2(CC1)N=C(C1CCCCC1)NC2=O. The van der Waals surface area contributed by atoms with Gasteiger partial charge in [0.25, 0.3) is 5.91 Å². The van der Waals surface area contributed by atoms with Gasteiger partial charge in [-0.05, 0) is 76.0 Å². The first-order valence-corrected chi connectivity index (χ1v) is 14.3. The number of piperidine rings is 1. The maximum Gasteiger partial charge on any atom is 0.253 e. The number of nitrogens with zero attached hydrogens (tertiary/aromatic N) is 3. The molecule has 2 aliphatic heterocycles. The van der Waals surface area contributed by atoms with Crippen LogP contribution in [0.3, 0.4) is 0 Å². The standard InChI is InChI=1S/C26H39N5O3S/c1-20-19-23(27-14-17-30(2)3)10-9-21(20)11-18-35(33,34)31-15-12-26(13-16-31)25(32)28-24(29-26)22-7-5-4-6-8-22/h9-11,18-19,22,27H,4-8,12-17H2,1-3H3,(H,28,29,32). The lowest BCUT2D eigenvalue weighted by Gasteiger charge is -2.34. The molecule has 4 rings (SSSR count). The molecular weight excluding hydrogens is 462 g/mol. The number of hydrogen-bond acceptors (Lipinski definition) is 6. The van der Waals surface area contributed by atoms with Gasteiger partial charge in [-0.15, -0.1) is 0 Å². The van der Waals surface area contributed by atoms with Gasteiger partial charge in [0.05, 0.1) is 0 Å². The van der Waals surface area contributed by atoms with E-state index in [1.165, 1.54) is 29.0 Å². The quantitative estimate of drug-likeness (QED) is 0.571. The van der Waals surface area contributed by atoms with Crippen LogP contribution in [0.1, 0.15) is 56.1 Å². The molecule has 1 spiro atoms. The molecule has 1 aromatic rings. The van der Waals surface area contributed by atoms with Crippen LogP contribution in [0.4, 0.5) is 5.69 Å². The summed E-state index contributed by atoms with van der Waals surface area (Å²) < 4.78 is 27.5. The van der Waals surface area contributed by atoms with Crippen molar-refractivity contribution >= 4 is 33.5 Å². The van der Waals surface area contributed by atoms with Crippen LogP contribution in [0, 0.1) is 12.8 Å². The number of amides is 1. The van der Waals surface area contributed by atoms with E-state index in [0.717, 1.165) is 48.6 Å². The second-order valence-corrected chi connectivity index (χ2v) is 12.2. The fourth-order valence-corrected chi connectivity index (χ4v) is 6.38. The van der Waals surface area contributed by atoms with Gasteiger partial charge in [-0.25, -0.2) is 8.42 Å². The van der Waals surface area contributed by atoms with E-state index < -0.39 is 15.6 Å². The van der Waals surface area contributed by atoms with Crippen LogP contribution < -0.4 is 10.6 Å². The molecule has 2 fully saturated rings. The van der Waals surface area contributed by atoms with Crippen LogP contribution in [0.15, 0.2) is 28.6 Å². The molecule has 0 bridgehead atoms. The van der Waals surface area contributed by atoms with E-state index in [4.69, 9.17) is 4.99 Å². The lowest BCUT2D eigenvalue weighted by molar-refractivity contribution is -0.124. The Bertz CT molecular complexity index is 1080. The fraction of sp³-hybridized carbons (Fsp3) is 0.615. The highest BCUT2D eigenvalue weighted by atomic mass is 32.2. The maximum atomic E-state index is 13.0. The molecular formula is C26H39N5O3S. The maximum absolute atomic E-state index is 13.0. The topological polar surface area (TPSA) is 94.1 Å². The summed E-state index contributed by atoms with van der Waals surface area (Å²) in [7, 11) is 0.493. The third-order valence-corrected chi connectivity index (χ3v) is 9.04. The Balaban J connectivity index is 1.36. The van der Waals surface area contributed by atoms with Crippen molar-refractivity contribution in [2.24, 2.45) is 10.9 Å². The van der Waals surface area contributed by atoms with Crippen LogP contribution >= 0.6 is 0 Å². The van der Waals surface area contributed by atoms with Gasteiger partial charge < -0.3 is 15.5 Å². The second-order valence-electron chi connectivity index (χ2n) is 10.4. The summed E-state index contributed by atoms with van der Waals surface area (Å²) in [6.45, 7) is 4.36. The number of sulfonamides is 1. The largest absolute Gasteiger partial charge is 0.384 e. The predicted molar refractivity (Wildman–Crippen MR) is 142 cm³/mol. The average molecular weight is 502 g/mol. The number of amidine groups is 1. The molecule has 2 heterocycles. The molecule has 9 heteroatoms. The zero-order valence-corrected chi connectivity index (χ0v) is 22.0. The molecule has 1 amide bonds. The number of aryl methyl sites for hydroxylation is 1. The van der Waals surface area contributed by atoms with Crippen LogP contribution in [-0.4, -0.2) is 75.2 Å². The fourth-order valence-electron chi connectivity index (χ4n) is 5.20. The van der Waals surface area contributed by atoms with Gasteiger partial charge in [0.1, 0.15) is 11.4 Å². The van der Waals surface area contributed by atoms with Gasteiger partial charge in [0, 0.05) is 43.2 Å². The summed E-state index contributed by atoms with van der Waals surface area (Å²) in [5.74, 6) is 1.12. The Morgan fingerprint density at radius 1 is 1.20 bits per heavy atom. The second kappa shape index (κ2) is 10.8. The van der Waals surface area contributed by atoms with Crippen LogP contribution in [0.2, 0.25) is 0 Å². The Morgan fingerprint density at radius 3 is 2.57 bits per heavy atom. The Kier molecular flexibility index (Phi) is 7.98. The number of hydrogen-bond donors (Lipinski definition) is 2. The molecule has 1 aliphatic carbocycles. The molecule has 0 unspecified atom stereocenters. The van der Waals surface area contributed by atoms with E-state index in [1.807, 2.05) is 39.2 Å². The van der Waals surface area contributed by atoms with Gasteiger partial charge in [-0.3, -0.25) is 9.79 Å². The highest BCUT2D eigenvalue weighted by Crippen LogP contribution is 2.35. The van der Waals surface area contributed by atoms with Gasteiger partial charge in [-0.2, -0.15) is 4.31 Å². The summed E-state index contributed by atoms with van der Waals surface area (Å²) in [6.07, 6.45) is 8.28. The van der Waals surface area contributed by atoms with Gasteiger partial charge in [-0.1, -0.05) is 25.3 Å². The van der Waals surface area contributed by atoms with Crippen LogP contribution in [0.25, 0.3) is 6.08 Å². The van der Waals surface area contributed by atoms with E-state index in [0.29, 0.717) is 31.8 Å². The first kappa shape index (κ1) is 25.9. The minimum absolute atomic E-state index is 0.0550. The molecule has 192 valence electrons. The molecule has 0 atom stereocenters. The van der Waals surface area contributed by atoms with Gasteiger partial charge in [0.15, 0.2) is 0 Å². The van der Waals surface area contributed by atoms with Crippen molar-refractivity contribution in [3.63, 3.8) is 0 Å². The average Bonchev–Trinajstić information content (AvgIpc) is 3.14. The van der Waals surface area contributed by atoms with E-state index in [-0.39, 0.29) is 5.91 Å². The van der Waals surface area contributed by atoms with Crippen molar-refractivity contribution < 1.29 is 13.2 Å². The molecule has 1 saturated heterocycles. The third kappa shape index (κ3) is 6.13. The van der Waals surface area contributed by atoms with Crippen LogP contribution in [0.5, 0.6) is 0 Å². The summed E-state index contributed by atoms with van der Waals surface area (Å²) in [5, 5.41) is 7.71. The minimum atomic E-state index is -3.58. The molecule has 0 radical (unpaired) electrons. The number of benzene rings is 1.